The molecule has 2 heterocycles. The number of carbonyl (C=O) groups is 2. The van der Waals surface area contributed by atoms with Gasteiger partial charge >= 0.3 is 11.9 Å². The van der Waals surface area contributed by atoms with Crippen molar-refractivity contribution in [3.8, 4) is 0 Å². The topological polar surface area (TPSA) is 87.5 Å². The first-order valence-corrected chi connectivity index (χ1v) is 10.1. The van der Waals surface area contributed by atoms with E-state index in [2.05, 4.69) is 4.98 Å². The lowest BCUT2D eigenvalue weighted by Gasteiger charge is -2.21. The monoisotopic (exact) mass is 392 g/mol. The van der Waals surface area contributed by atoms with Crippen LogP contribution in [-0.4, -0.2) is 34.2 Å². The summed E-state index contributed by atoms with van der Waals surface area (Å²) in [4.78, 5) is 42.6. The van der Waals surface area contributed by atoms with Gasteiger partial charge in [-0.15, -0.1) is 11.3 Å². The normalized spacial score (nSPS) is 16.3. The van der Waals surface area contributed by atoms with E-state index in [4.69, 9.17) is 9.47 Å². The van der Waals surface area contributed by atoms with Crippen LogP contribution < -0.4 is 5.56 Å². The number of thiophene rings is 1. The summed E-state index contributed by atoms with van der Waals surface area (Å²) in [7, 11) is 0. The third kappa shape index (κ3) is 3.90. The molecule has 0 saturated heterocycles. The Balaban J connectivity index is 1.92. The minimum absolute atomic E-state index is 0.0516. The maximum Gasteiger partial charge on any atom is 0.348 e. The van der Waals surface area contributed by atoms with E-state index >= 15 is 0 Å². The molecule has 0 aromatic carbocycles. The van der Waals surface area contributed by atoms with Crippen molar-refractivity contribution in [3.63, 3.8) is 0 Å². The molecule has 2 aromatic rings. The van der Waals surface area contributed by atoms with Gasteiger partial charge in [0.25, 0.3) is 5.56 Å². The molecule has 0 bridgehead atoms. The number of aryl methyl sites for hydroxylation is 1. The van der Waals surface area contributed by atoms with Gasteiger partial charge in [-0.3, -0.25) is 9.36 Å². The summed E-state index contributed by atoms with van der Waals surface area (Å²) in [5.41, 5.74) is 0.199. The van der Waals surface area contributed by atoms with Gasteiger partial charge < -0.3 is 9.47 Å². The molecule has 1 fully saturated rings. The average Bonchev–Trinajstić information content (AvgIpc) is 3.00. The van der Waals surface area contributed by atoms with Crippen molar-refractivity contribution >= 4 is 33.5 Å². The SMILES string of the molecule is CCOC(=O)C(C)n1cnc2sc(C(=O)OC3CCCCC3)c(C)c2c1=O. The lowest BCUT2D eigenvalue weighted by Crippen LogP contribution is -2.29. The first-order chi connectivity index (χ1) is 12.9. The lowest BCUT2D eigenvalue weighted by molar-refractivity contribution is -0.146. The van der Waals surface area contributed by atoms with Crippen molar-refractivity contribution in [2.45, 2.75) is 65.0 Å². The second kappa shape index (κ2) is 8.21. The van der Waals surface area contributed by atoms with E-state index in [1.54, 1.807) is 20.8 Å². The molecule has 1 unspecified atom stereocenters. The highest BCUT2D eigenvalue weighted by Crippen LogP contribution is 2.29. The second-order valence-electron chi connectivity index (χ2n) is 6.79. The quantitative estimate of drug-likeness (QED) is 0.725. The van der Waals surface area contributed by atoms with Gasteiger partial charge in [0.15, 0.2) is 0 Å². The van der Waals surface area contributed by atoms with Crippen LogP contribution in [0.1, 0.15) is 67.2 Å². The van der Waals surface area contributed by atoms with Crippen molar-refractivity contribution in [1.82, 2.24) is 9.55 Å². The average molecular weight is 392 g/mol. The zero-order chi connectivity index (χ0) is 19.6. The minimum atomic E-state index is -0.786. The van der Waals surface area contributed by atoms with Crippen LogP contribution >= 0.6 is 11.3 Å². The Morgan fingerprint density at radius 1 is 1.33 bits per heavy atom. The maximum atomic E-state index is 12.9. The Bertz CT molecular complexity index is 911. The van der Waals surface area contributed by atoms with E-state index in [-0.39, 0.29) is 18.3 Å². The molecule has 8 heteroatoms. The van der Waals surface area contributed by atoms with E-state index in [1.807, 2.05) is 0 Å². The van der Waals surface area contributed by atoms with Crippen LogP contribution in [0.3, 0.4) is 0 Å². The predicted molar refractivity (Wildman–Crippen MR) is 102 cm³/mol. The van der Waals surface area contributed by atoms with Crippen molar-refractivity contribution in [2.24, 2.45) is 0 Å². The fourth-order valence-corrected chi connectivity index (χ4v) is 4.39. The van der Waals surface area contributed by atoms with Gasteiger partial charge in [-0.2, -0.15) is 0 Å². The van der Waals surface area contributed by atoms with Gasteiger partial charge in [0.2, 0.25) is 0 Å². The van der Waals surface area contributed by atoms with Crippen LogP contribution in [0.25, 0.3) is 10.2 Å². The summed E-state index contributed by atoms with van der Waals surface area (Å²) < 4.78 is 11.9. The van der Waals surface area contributed by atoms with Crippen molar-refractivity contribution in [1.29, 1.82) is 0 Å². The zero-order valence-corrected chi connectivity index (χ0v) is 16.6. The molecule has 7 nitrogen and oxygen atoms in total. The summed E-state index contributed by atoms with van der Waals surface area (Å²) >= 11 is 1.16. The molecule has 0 amide bonds. The van der Waals surface area contributed by atoms with E-state index < -0.39 is 18.0 Å². The molecule has 0 spiro atoms. The smallest absolute Gasteiger partial charge is 0.348 e. The number of fused-ring (bicyclic) bond motifs is 1. The van der Waals surface area contributed by atoms with Crippen molar-refractivity contribution in [3.05, 3.63) is 27.1 Å². The molecule has 1 atom stereocenters. The molecular weight excluding hydrogens is 368 g/mol. The summed E-state index contributed by atoms with van der Waals surface area (Å²) in [6, 6.07) is -0.786. The summed E-state index contributed by atoms with van der Waals surface area (Å²) in [5.74, 6) is -0.891. The molecule has 0 aliphatic heterocycles. The fourth-order valence-electron chi connectivity index (χ4n) is 3.37. The number of carbonyl (C=O) groups excluding carboxylic acids is 2. The van der Waals surface area contributed by atoms with Crippen LogP contribution in [0.4, 0.5) is 0 Å². The Morgan fingerprint density at radius 2 is 2.04 bits per heavy atom. The maximum absolute atomic E-state index is 12.9. The van der Waals surface area contributed by atoms with E-state index in [0.29, 0.717) is 20.7 Å². The highest BCUT2D eigenvalue weighted by molar-refractivity contribution is 7.20. The minimum Gasteiger partial charge on any atom is -0.464 e. The highest BCUT2D eigenvalue weighted by Gasteiger charge is 2.26. The Morgan fingerprint density at radius 3 is 2.70 bits per heavy atom. The van der Waals surface area contributed by atoms with Crippen LogP contribution in [0, 0.1) is 6.92 Å². The fraction of sp³-hybridized carbons (Fsp3) is 0.579. The predicted octanol–water partition coefficient (Wildman–Crippen LogP) is 3.38. The third-order valence-electron chi connectivity index (χ3n) is 4.93. The van der Waals surface area contributed by atoms with E-state index in [0.717, 1.165) is 37.0 Å². The molecule has 1 aliphatic carbocycles. The third-order valence-corrected chi connectivity index (χ3v) is 6.11. The molecule has 2 aromatic heterocycles. The molecule has 3 rings (SSSR count). The van der Waals surface area contributed by atoms with Crippen LogP contribution in [-0.2, 0) is 14.3 Å². The van der Waals surface area contributed by atoms with Gasteiger partial charge in [-0.1, -0.05) is 6.42 Å². The molecule has 0 N–H and O–H groups in total. The number of hydrogen-bond donors (Lipinski definition) is 0. The summed E-state index contributed by atoms with van der Waals surface area (Å²) in [5, 5.41) is 0.356. The number of nitrogens with zero attached hydrogens (tertiary/aromatic N) is 2. The Hall–Kier alpha value is -2.22. The molecule has 1 saturated carbocycles. The molecule has 146 valence electrons. The number of rotatable bonds is 5. The van der Waals surface area contributed by atoms with E-state index in [1.165, 1.54) is 17.3 Å². The standard InChI is InChI=1S/C19H24N2O5S/c1-4-25-18(23)12(3)21-10-20-16-14(17(21)22)11(2)15(27-16)19(24)26-13-8-6-5-7-9-13/h10,12-13H,4-9H2,1-3H3. The Kier molecular flexibility index (Phi) is 5.94. The van der Waals surface area contributed by atoms with Gasteiger partial charge in [0.1, 0.15) is 21.9 Å². The van der Waals surface area contributed by atoms with E-state index in [9.17, 15) is 14.4 Å². The Labute approximate surface area is 161 Å². The van der Waals surface area contributed by atoms with Crippen LogP contribution in [0.5, 0.6) is 0 Å². The molecule has 27 heavy (non-hydrogen) atoms. The summed E-state index contributed by atoms with van der Waals surface area (Å²) in [6.07, 6.45) is 6.37. The highest BCUT2D eigenvalue weighted by atomic mass is 32.1. The first kappa shape index (κ1) is 19.5. The van der Waals surface area contributed by atoms with Crippen LogP contribution in [0.2, 0.25) is 0 Å². The van der Waals surface area contributed by atoms with Gasteiger partial charge in [-0.05, 0) is 52.0 Å². The first-order valence-electron chi connectivity index (χ1n) is 9.31. The van der Waals surface area contributed by atoms with Gasteiger partial charge in [0.05, 0.1) is 18.3 Å². The van der Waals surface area contributed by atoms with Gasteiger partial charge in [0, 0.05) is 0 Å². The molecular formula is C19H24N2O5S. The largest absolute Gasteiger partial charge is 0.464 e. The zero-order valence-electron chi connectivity index (χ0n) is 15.8. The second-order valence-corrected chi connectivity index (χ2v) is 7.79. The summed E-state index contributed by atoms with van der Waals surface area (Å²) in [6.45, 7) is 5.26. The number of ether oxygens (including phenoxy) is 2. The van der Waals surface area contributed by atoms with Crippen molar-refractivity contribution in [2.75, 3.05) is 6.61 Å². The van der Waals surface area contributed by atoms with Crippen molar-refractivity contribution < 1.29 is 19.1 Å². The number of esters is 2. The molecule has 0 radical (unpaired) electrons. The van der Waals surface area contributed by atoms with Crippen LogP contribution in [0.15, 0.2) is 11.1 Å². The number of hydrogen-bond acceptors (Lipinski definition) is 7. The molecule has 1 aliphatic rings. The van der Waals surface area contributed by atoms with Gasteiger partial charge in [-0.25, -0.2) is 14.6 Å². The lowest BCUT2D eigenvalue weighted by atomic mass is 9.98. The number of aromatic nitrogens is 2.